The number of hydrogen-bond acceptors (Lipinski definition) is 3. The Bertz CT molecular complexity index is 387. The first-order valence-corrected chi connectivity index (χ1v) is 8.34. The molecule has 128 valence electrons. The Hall–Kier alpha value is -0.330. The summed E-state index contributed by atoms with van der Waals surface area (Å²) in [7, 11) is 0. The van der Waals surface area contributed by atoms with Crippen LogP contribution in [-0.2, 0) is 14.2 Å². The van der Waals surface area contributed by atoms with Crippen LogP contribution in [0, 0.1) is 23.7 Å². The molecule has 0 bridgehead atoms. The van der Waals surface area contributed by atoms with Gasteiger partial charge in [0.1, 0.15) is 6.61 Å². The van der Waals surface area contributed by atoms with Crippen LogP contribution in [0.25, 0.3) is 0 Å². The van der Waals surface area contributed by atoms with Crippen LogP contribution in [-0.4, -0.2) is 31.5 Å². The van der Waals surface area contributed by atoms with Crippen molar-refractivity contribution in [3.05, 3.63) is 0 Å². The minimum Gasteiger partial charge on any atom is -0.349 e. The molecule has 3 nitrogen and oxygen atoms in total. The third kappa shape index (κ3) is 3.44. The highest BCUT2D eigenvalue weighted by atomic mass is 19.4. The van der Waals surface area contributed by atoms with E-state index in [1.165, 1.54) is 6.42 Å². The lowest BCUT2D eigenvalue weighted by molar-refractivity contribution is -0.344. The molecule has 0 amide bonds. The van der Waals surface area contributed by atoms with Gasteiger partial charge in [0.25, 0.3) is 0 Å². The summed E-state index contributed by atoms with van der Waals surface area (Å²) in [6, 6.07) is 0. The third-order valence-corrected chi connectivity index (χ3v) is 5.56. The van der Waals surface area contributed by atoms with Crippen molar-refractivity contribution in [3.63, 3.8) is 0 Å². The second-order valence-corrected chi connectivity index (χ2v) is 7.11. The average Bonchev–Trinajstić information content (AvgIpc) is 2.60. The summed E-state index contributed by atoms with van der Waals surface area (Å²) >= 11 is 0. The molecule has 3 fully saturated rings. The molecule has 2 aliphatic heterocycles. The predicted octanol–water partition coefficient (Wildman–Crippen LogP) is 4.12. The van der Waals surface area contributed by atoms with Crippen LogP contribution in [0.1, 0.15) is 46.0 Å². The second-order valence-electron chi connectivity index (χ2n) is 7.11. The molecule has 0 aromatic heterocycles. The van der Waals surface area contributed by atoms with Crippen LogP contribution in [0.5, 0.6) is 0 Å². The minimum absolute atomic E-state index is 0.0246. The SMILES string of the molecule is CC1CCC2CCC[C@H]3C(C)C(OCC(F)(F)F)OC(O1)C23. The molecule has 22 heavy (non-hydrogen) atoms. The van der Waals surface area contributed by atoms with Gasteiger partial charge in [-0.1, -0.05) is 13.3 Å². The molecule has 0 aromatic rings. The predicted molar refractivity (Wildman–Crippen MR) is 73.9 cm³/mol. The van der Waals surface area contributed by atoms with E-state index in [-0.39, 0.29) is 12.0 Å². The van der Waals surface area contributed by atoms with Crippen LogP contribution in [0.2, 0.25) is 0 Å². The standard InChI is InChI=1S/C16H25F3O3/c1-9-6-7-11-4-3-5-12-10(2)14(20-8-16(17,18)19)22-15(21-9)13(11)12/h9-15H,3-8H2,1-2H3/t9?,10?,11?,12-,13?,14?,15?/m0/s1. The molecule has 6 heteroatoms. The lowest BCUT2D eigenvalue weighted by Crippen LogP contribution is -2.52. The molecule has 2 saturated heterocycles. The summed E-state index contributed by atoms with van der Waals surface area (Å²) in [4.78, 5) is 0. The van der Waals surface area contributed by atoms with E-state index in [0.29, 0.717) is 17.8 Å². The van der Waals surface area contributed by atoms with Crippen molar-refractivity contribution in [1.29, 1.82) is 0 Å². The van der Waals surface area contributed by atoms with Crippen molar-refractivity contribution < 1.29 is 27.4 Å². The van der Waals surface area contributed by atoms with E-state index in [1.54, 1.807) is 0 Å². The van der Waals surface area contributed by atoms with E-state index in [1.807, 2.05) is 13.8 Å². The van der Waals surface area contributed by atoms with Crippen molar-refractivity contribution in [1.82, 2.24) is 0 Å². The van der Waals surface area contributed by atoms with E-state index < -0.39 is 25.4 Å². The highest BCUT2D eigenvalue weighted by Crippen LogP contribution is 2.50. The monoisotopic (exact) mass is 322 g/mol. The molecule has 1 aliphatic carbocycles. The van der Waals surface area contributed by atoms with Gasteiger partial charge in [0, 0.05) is 11.8 Å². The first-order chi connectivity index (χ1) is 10.3. The first kappa shape index (κ1) is 16.5. The van der Waals surface area contributed by atoms with Crippen molar-refractivity contribution in [2.24, 2.45) is 23.7 Å². The molecule has 3 aliphatic rings. The largest absolute Gasteiger partial charge is 0.411 e. The fraction of sp³-hybridized carbons (Fsp3) is 1.00. The van der Waals surface area contributed by atoms with Crippen molar-refractivity contribution in [2.45, 2.75) is 70.8 Å². The molecule has 6 unspecified atom stereocenters. The Kier molecular flexibility index (Phi) is 4.72. The Morgan fingerprint density at radius 3 is 2.55 bits per heavy atom. The molecule has 0 radical (unpaired) electrons. The highest BCUT2D eigenvalue weighted by molar-refractivity contribution is 4.93. The summed E-state index contributed by atoms with van der Waals surface area (Å²) in [6.07, 6.45) is 0.00537. The van der Waals surface area contributed by atoms with Crippen LogP contribution in [0.15, 0.2) is 0 Å². The van der Waals surface area contributed by atoms with Gasteiger partial charge in [0.05, 0.1) is 6.10 Å². The van der Waals surface area contributed by atoms with Crippen LogP contribution in [0.4, 0.5) is 13.2 Å². The van der Waals surface area contributed by atoms with Gasteiger partial charge in [-0.25, -0.2) is 0 Å². The lowest BCUT2D eigenvalue weighted by atomic mass is 9.65. The van der Waals surface area contributed by atoms with E-state index in [9.17, 15) is 13.2 Å². The average molecular weight is 322 g/mol. The van der Waals surface area contributed by atoms with E-state index in [2.05, 4.69) is 0 Å². The quantitative estimate of drug-likeness (QED) is 0.765. The summed E-state index contributed by atoms with van der Waals surface area (Å²) in [5, 5.41) is 0. The van der Waals surface area contributed by atoms with Gasteiger partial charge in [-0.3, -0.25) is 0 Å². The minimum atomic E-state index is -4.33. The molecule has 7 atom stereocenters. The van der Waals surface area contributed by atoms with Crippen molar-refractivity contribution in [3.8, 4) is 0 Å². The topological polar surface area (TPSA) is 27.7 Å². The Morgan fingerprint density at radius 2 is 1.82 bits per heavy atom. The number of halogens is 3. The normalized spacial score (nSPS) is 46.0. The van der Waals surface area contributed by atoms with Gasteiger partial charge >= 0.3 is 6.18 Å². The lowest BCUT2D eigenvalue weighted by Gasteiger charge is -2.50. The second kappa shape index (κ2) is 6.29. The van der Waals surface area contributed by atoms with Gasteiger partial charge in [-0.15, -0.1) is 0 Å². The summed E-state index contributed by atoms with van der Waals surface area (Å²) in [5.41, 5.74) is 0. The molecule has 3 rings (SSSR count). The molecule has 0 N–H and O–H groups in total. The van der Waals surface area contributed by atoms with E-state index in [4.69, 9.17) is 14.2 Å². The van der Waals surface area contributed by atoms with Gasteiger partial charge < -0.3 is 14.2 Å². The highest BCUT2D eigenvalue weighted by Gasteiger charge is 2.51. The zero-order valence-corrected chi connectivity index (χ0v) is 13.1. The fourth-order valence-corrected chi connectivity index (χ4v) is 4.51. The first-order valence-electron chi connectivity index (χ1n) is 8.34. The number of hydrogen-bond donors (Lipinski definition) is 0. The van der Waals surface area contributed by atoms with Gasteiger partial charge in [-0.05, 0) is 44.4 Å². The molecule has 0 aromatic carbocycles. The molecular formula is C16H25F3O3. The molecule has 0 spiro atoms. The van der Waals surface area contributed by atoms with Crippen LogP contribution < -0.4 is 0 Å². The van der Waals surface area contributed by atoms with Crippen molar-refractivity contribution >= 4 is 0 Å². The fourth-order valence-electron chi connectivity index (χ4n) is 4.51. The zero-order chi connectivity index (χ0) is 15.9. The maximum atomic E-state index is 12.4. The molecule has 2 heterocycles. The maximum absolute atomic E-state index is 12.4. The molecular weight excluding hydrogens is 297 g/mol. The zero-order valence-electron chi connectivity index (χ0n) is 13.1. The summed E-state index contributed by atoms with van der Waals surface area (Å²) < 4.78 is 54.2. The number of ether oxygens (including phenoxy) is 3. The summed E-state index contributed by atoms with van der Waals surface area (Å²) in [5.74, 6) is 1.18. The van der Waals surface area contributed by atoms with Crippen LogP contribution in [0.3, 0.4) is 0 Å². The van der Waals surface area contributed by atoms with Gasteiger partial charge in [0.15, 0.2) is 12.6 Å². The van der Waals surface area contributed by atoms with Gasteiger partial charge in [-0.2, -0.15) is 13.2 Å². The number of rotatable bonds is 2. The van der Waals surface area contributed by atoms with Gasteiger partial charge in [0.2, 0.25) is 0 Å². The Labute approximate surface area is 129 Å². The molecule has 1 saturated carbocycles. The summed E-state index contributed by atoms with van der Waals surface area (Å²) in [6.45, 7) is 2.71. The van der Waals surface area contributed by atoms with E-state index in [0.717, 1.165) is 25.7 Å². The smallest absolute Gasteiger partial charge is 0.349 e. The van der Waals surface area contributed by atoms with Crippen LogP contribution >= 0.6 is 0 Å². The number of alkyl halides is 3. The Balaban J connectivity index is 1.75. The maximum Gasteiger partial charge on any atom is 0.411 e. The Morgan fingerprint density at radius 1 is 1.05 bits per heavy atom. The third-order valence-electron chi connectivity index (χ3n) is 5.56. The van der Waals surface area contributed by atoms with E-state index >= 15 is 0 Å². The van der Waals surface area contributed by atoms with Crippen molar-refractivity contribution in [2.75, 3.05) is 6.61 Å².